The first-order valence-corrected chi connectivity index (χ1v) is 12.4. The summed E-state index contributed by atoms with van der Waals surface area (Å²) in [6, 6.07) is 5.74. The predicted octanol–water partition coefficient (Wildman–Crippen LogP) is 5.59. The van der Waals surface area contributed by atoms with Gasteiger partial charge in [0.25, 0.3) is 0 Å². The molecule has 0 saturated heterocycles. The fraction of sp³-hybridized carbons (Fsp3) is 0.455. The number of rotatable bonds is 8. The van der Waals surface area contributed by atoms with Gasteiger partial charge in [-0.25, -0.2) is 0 Å². The summed E-state index contributed by atoms with van der Waals surface area (Å²) in [5.41, 5.74) is 3.28. The van der Waals surface area contributed by atoms with Crippen molar-refractivity contribution in [3.8, 4) is 22.8 Å². The summed E-state index contributed by atoms with van der Waals surface area (Å²) in [7, 11) is -0.194. The summed E-state index contributed by atoms with van der Waals surface area (Å²) < 4.78 is 17.2. The van der Waals surface area contributed by atoms with Crippen molar-refractivity contribution in [3.05, 3.63) is 42.9 Å². The first kappa shape index (κ1) is 22.1. The molecule has 0 amide bonds. The molecule has 1 heterocycles. The Balaban J connectivity index is 2.13. The molecule has 0 spiro atoms. The molecular formula is C22H32N2O3Si. The van der Waals surface area contributed by atoms with Gasteiger partial charge in [0.15, 0.2) is 19.8 Å². The monoisotopic (exact) mass is 400 g/mol. The minimum atomic E-state index is -1.82. The lowest BCUT2D eigenvalue weighted by molar-refractivity contribution is 0.311. The molecule has 152 valence electrons. The van der Waals surface area contributed by atoms with Crippen LogP contribution in [0.1, 0.15) is 33.4 Å². The van der Waals surface area contributed by atoms with Crippen LogP contribution in [-0.4, -0.2) is 38.6 Å². The largest absolute Gasteiger partial charge is 0.493 e. The smallest absolute Gasteiger partial charge is 0.192 e. The Morgan fingerprint density at radius 1 is 1.11 bits per heavy atom. The fourth-order valence-electron chi connectivity index (χ4n) is 2.32. The quantitative estimate of drug-likeness (QED) is 0.541. The van der Waals surface area contributed by atoms with E-state index in [1.807, 2.05) is 25.1 Å². The van der Waals surface area contributed by atoms with Crippen LogP contribution in [0.2, 0.25) is 18.1 Å². The summed E-state index contributed by atoms with van der Waals surface area (Å²) in [6.45, 7) is 18.3. The molecule has 0 aliphatic carbocycles. The van der Waals surface area contributed by atoms with E-state index in [0.717, 1.165) is 22.5 Å². The van der Waals surface area contributed by atoms with Crippen LogP contribution >= 0.6 is 0 Å². The van der Waals surface area contributed by atoms with Crippen molar-refractivity contribution in [3.63, 3.8) is 0 Å². The van der Waals surface area contributed by atoms with Crippen molar-refractivity contribution >= 4 is 13.9 Å². The van der Waals surface area contributed by atoms with Crippen molar-refractivity contribution in [2.75, 3.05) is 20.3 Å². The first-order valence-electron chi connectivity index (χ1n) is 9.54. The number of hydrogen-bond donors (Lipinski definition) is 0. The van der Waals surface area contributed by atoms with E-state index in [9.17, 15) is 0 Å². The Labute approximate surface area is 169 Å². The summed E-state index contributed by atoms with van der Waals surface area (Å²) in [6.07, 6.45) is 3.50. The van der Waals surface area contributed by atoms with E-state index in [2.05, 4.69) is 50.4 Å². The van der Waals surface area contributed by atoms with E-state index in [1.54, 1.807) is 19.5 Å². The molecule has 2 aromatic rings. The third-order valence-corrected chi connectivity index (χ3v) is 9.67. The average molecular weight is 401 g/mol. The molecule has 1 aromatic heterocycles. The highest BCUT2D eigenvalue weighted by atomic mass is 28.4. The van der Waals surface area contributed by atoms with Crippen LogP contribution < -0.4 is 9.47 Å². The predicted molar refractivity (Wildman–Crippen MR) is 117 cm³/mol. The highest BCUT2D eigenvalue weighted by Gasteiger charge is 2.37. The van der Waals surface area contributed by atoms with Crippen molar-refractivity contribution in [2.45, 2.75) is 45.8 Å². The lowest BCUT2D eigenvalue weighted by Gasteiger charge is -2.36. The van der Waals surface area contributed by atoms with Crippen LogP contribution in [0.4, 0.5) is 0 Å². The summed E-state index contributed by atoms with van der Waals surface area (Å²) in [5, 5.41) is 0.162. The van der Waals surface area contributed by atoms with Crippen molar-refractivity contribution in [2.24, 2.45) is 0 Å². The molecule has 2 rings (SSSR count). The topological polar surface area (TPSA) is 53.5 Å². The molecule has 5 nitrogen and oxygen atoms in total. The number of ether oxygens (including phenoxy) is 2. The van der Waals surface area contributed by atoms with Crippen LogP contribution in [-0.2, 0) is 4.43 Å². The second-order valence-electron chi connectivity index (χ2n) is 8.24. The number of aromatic nitrogens is 2. The van der Waals surface area contributed by atoms with E-state index < -0.39 is 8.32 Å². The van der Waals surface area contributed by atoms with Gasteiger partial charge in [-0.1, -0.05) is 27.4 Å². The van der Waals surface area contributed by atoms with Crippen LogP contribution in [0.25, 0.3) is 16.8 Å². The zero-order chi connectivity index (χ0) is 20.9. The van der Waals surface area contributed by atoms with Gasteiger partial charge in [-0.15, -0.1) is 0 Å². The molecule has 0 radical (unpaired) electrons. The Hall–Kier alpha value is -2.18. The third-order valence-electron chi connectivity index (χ3n) is 5.19. The Bertz CT molecular complexity index is 812. The zero-order valence-corrected chi connectivity index (χ0v) is 19.1. The van der Waals surface area contributed by atoms with E-state index in [1.165, 1.54) is 0 Å². The van der Waals surface area contributed by atoms with Crippen LogP contribution in [0.5, 0.6) is 11.5 Å². The van der Waals surface area contributed by atoms with Gasteiger partial charge < -0.3 is 13.9 Å². The van der Waals surface area contributed by atoms with Crippen molar-refractivity contribution in [1.82, 2.24) is 9.97 Å². The van der Waals surface area contributed by atoms with Gasteiger partial charge in [-0.3, -0.25) is 9.97 Å². The van der Waals surface area contributed by atoms with Crippen molar-refractivity contribution < 1.29 is 13.9 Å². The highest BCUT2D eigenvalue weighted by Crippen LogP contribution is 2.37. The molecule has 28 heavy (non-hydrogen) atoms. The molecule has 1 aromatic carbocycles. The molecule has 0 unspecified atom stereocenters. The maximum Gasteiger partial charge on any atom is 0.192 e. The molecule has 6 heteroatoms. The molecule has 0 N–H and O–H groups in total. The number of hydrogen-bond acceptors (Lipinski definition) is 5. The molecule has 0 saturated carbocycles. The molecule has 0 bridgehead atoms. The summed E-state index contributed by atoms with van der Waals surface area (Å²) >= 11 is 0. The maximum atomic E-state index is 6.23. The van der Waals surface area contributed by atoms with Crippen LogP contribution in [0, 0.1) is 0 Å². The fourth-order valence-corrected chi connectivity index (χ4v) is 3.29. The van der Waals surface area contributed by atoms with Gasteiger partial charge in [0.2, 0.25) is 0 Å². The normalized spacial score (nSPS) is 12.0. The Morgan fingerprint density at radius 2 is 1.82 bits per heavy atom. The van der Waals surface area contributed by atoms with E-state index in [-0.39, 0.29) is 5.04 Å². The average Bonchev–Trinajstić information content (AvgIpc) is 2.65. The second-order valence-corrected chi connectivity index (χ2v) is 13.0. The van der Waals surface area contributed by atoms with Gasteiger partial charge in [-0.2, -0.15) is 0 Å². The van der Waals surface area contributed by atoms with E-state index in [4.69, 9.17) is 13.9 Å². The van der Waals surface area contributed by atoms with Crippen molar-refractivity contribution in [1.29, 1.82) is 0 Å². The van der Waals surface area contributed by atoms with Gasteiger partial charge >= 0.3 is 0 Å². The lowest BCUT2D eigenvalue weighted by atomic mass is 10.1. The van der Waals surface area contributed by atoms with Gasteiger partial charge in [0.1, 0.15) is 0 Å². The van der Waals surface area contributed by atoms with Crippen LogP contribution in [0.3, 0.4) is 0 Å². The molecular weight excluding hydrogens is 368 g/mol. The number of benzene rings is 1. The van der Waals surface area contributed by atoms with Gasteiger partial charge in [0, 0.05) is 5.56 Å². The minimum absolute atomic E-state index is 0.162. The molecule has 0 fully saturated rings. The SMILES string of the molecule is C=C(CO[Si](C)(C)C(C)(C)C)c1cnc(-c2ccc(OC)c(OCC)c2)cn1. The third kappa shape index (κ3) is 5.20. The maximum absolute atomic E-state index is 6.23. The van der Waals surface area contributed by atoms with Gasteiger partial charge in [-0.05, 0) is 48.8 Å². The summed E-state index contributed by atoms with van der Waals surface area (Å²) in [5.74, 6) is 1.40. The van der Waals surface area contributed by atoms with Crippen LogP contribution in [0.15, 0.2) is 37.2 Å². The lowest BCUT2D eigenvalue weighted by Crippen LogP contribution is -2.41. The van der Waals surface area contributed by atoms with E-state index in [0.29, 0.717) is 24.7 Å². The summed E-state index contributed by atoms with van der Waals surface area (Å²) in [4.78, 5) is 9.09. The zero-order valence-electron chi connectivity index (χ0n) is 18.1. The first-order chi connectivity index (χ1) is 13.1. The highest BCUT2D eigenvalue weighted by molar-refractivity contribution is 6.74. The number of methoxy groups -OCH3 is 1. The van der Waals surface area contributed by atoms with Gasteiger partial charge in [0.05, 0.1) is 44.1 Å². The molecule has 0 atom stereocenters. The minimum Gasteiger partial charge on any atom is -0.493 e. The standard InChI is InChI=1S/C22H32N2O3Si/c1-9-26-21-12-17(10-11-20(21)25-6)19-14-23-18(13-24-19)16(2)15-27-28(7,8)22(3,4)5/h10-14H,2,9,15H2,1,3-8H3. The Kier molecular flexibility index (Phi) is 7.01. The second kappa shape index (κ2) is 8.88. The Morgan fingerprint density at radius 3 is 2.36 bits per heavy atom. The molecule has 0 aliphatic heterocycles. The van der Waals surface area contributed by atoms with E-state index >= 15 is 0 Å². The molecule has 0 aliphatic rings. The number of nitrogens with zero attached hydrogens (tertiary/aromatic N) is 2.